The van der Waals surface area contributed by atoms with E-state index >= 15 is 0 Å². The van der Waals surface area contributed by atoms with Crippen molar-refractivity contribution in [1.82, 2.24) is 10.3 Å². The number of hydrogen-bond acceptors (Lipinski definition) is 2. The van der Waals surface area contributed by atoms with E-state index in [0.717, 1.165) is 17.3 Å². The van der Waals surface area contributed by atoms with Crippen molar-refractivity contribution in [3.05, 3.63) is 64.4 Å². The van der Waals surface area contributed by atoms with Gasteiger partial charge in [-0.3, -0.25) is 4.98 Å². The molecule has 0 saturated heterocycles. The van der Waals surface area contributed by atoms with Crippen LogP contribution < -0.4 is 5.32 Å². The van der Waals surface area contributed by atoms with E-state index in [2.05, 4.69) is 29.4 Å². The molecule has 2 nitrogen and oxygen atoms in total. The molecule has 0 spiro atoms. The molecule has 1 aromatic heterocycles. The second kappa shape index (κ2) is 5.98. The fourth-order valence-electron chi connectivity index (χ4n) is 1.73. The van der Waals surface area contributed by atoms with Crippen molar-refractivity contribution in [2.75, 3.05) is 0 Å². The molecule has 0 aliphatic heterocycles. The van der Waals surface area contributed by atoms with Crippen LogP contribution in [-0.2, 0) is 6.54 Å². The lowest BCUT2D eigenvalue weighted by molar-refractivity contribution is 0.567. The topological polar surface area (TPSA) is 24.9 Å². The zero-order chi connectivity index (χ0) is 13.0. The molecule has 0 amide bonds. The van der Waals surface area contributed by atoms with Crippen molar-refractivity contribution in [3.8, 4) is 0 Å². The lowest BCUT2D eigenvalue weighted by Crippen LogP contribution is -2.18. The average molecular weight is 261 g/mol. The van der Waals surface area contributed by atoms with Crippen LogP contribution >= 0.6 is 11.6 Å². The first kappa shape index (κ1) is 13.1. The number of nitrogens with one attached hydrogen (secondary N) is 1. The molecule has 0 bridgehead atoms. The summed E-state index contributed by atoms with van der Waals surface area (Å²) in [7, 11) is 0. The van der Waals surface area contributed by atoms with Crippen LogP contribution in [0.25, 0.3) is 0 Å². The summed E-state index contributed by atoms with van der Waals surface area (Å²) in [5.74, 6) is 0. The summed E-state index contributed by atoms with van der Waals surface area (Å²) in [6.45, 7) is 4.95. The number of pyridine rings is 1. The molecule has 0 radical (unpaired) electrons. The highest BCUT2D eigenvalue weighted by atomic mass is 35.5. The molecular weight excluding hydrogens is 244 g/mol. The number of aryl methyl sites for hydroxylation is 1. The smallest absolute Gasteiger partial charge is 0.0542 e. The van der Waals surface area contributed by atoms with E-state index in [1.54, 1.807) is 0 Å². The summed E-state index contributed by atoms with van der Waals surface area (Å²) in [5.41, 5.74) is 3.47. The molecule has 1 aromatic carbocycles. The van der Waals surface area contributed by atoms with Gasteiger partial charge in [0.05, 0.1) is 5.69 Å². The van der Waals surface area contributed by atoms with Crippen molar-refractivity contribution >= 4 is 11.6 Å². The maximum Gasteiger partial charge on any atom is 0.0542 e. The number of aromatic nitrogens is 1. The third-order valence-electron chi connectivity index (χ3n) is 2.93. The molecule has 2 rings (SSSR count). The van der Waals surface area contributed by atoms with Crippen LogP contribution in [0.1, 0.15) is 29.8 Å². The second-order valence-electron chi connectivity index (χ2n) is 4.48. The van der Waals surface area contributed by atoms with Gasteiger partial charge in [0.2, 0.25) is 0 Å². The van der Waals surface area contributed by atoms with Crippen LogP contribution in [0, 0.1) is 6.92 Å². The largest absolute Gasteiger partial charge is 0.305 e. The molecule has 1 atom stereocenters. The zero-order valence-electron chi connectivity index (χ0n) is 10.7. The van der Waals surface area contributed by atoms with Crippen LogP contribution in [-0.4, -0.2) is 4.98 Å². The summed E-state index contributed by atoms with van der Waals surface area (Å²) < 4.78 is 0. The first-order valence-electron chi connectivity index (χ1n) is 6.05. The van der Waals surface area contributed by atoms with E-state index in [-0.39, 0.29) is 6.04 Å². The molecule has 18 heavy (non-hydrogen) atoms. The SMILES string of the molecule is Cc1ccc(CN[C@H](C)c2ccc(Cl)cc2)nc1. The Morgan fingerprint density at radius 1 is 1.17 bits per heavy atom. The molecule has 0 fully saturated rings. The van der Waals surface area contributed by atoms with Gasteiger partial charge in [-0.2, -0.15) is 0 Å². The molecule has 2 aromatic rings. The Kier molecular flexibility index (Phi) is 4.34. The van der Waals surface area contributed by atoms with Gasteiger partial charge in [0.25, 0.3) is 0 Å². The van der Waals surface area contributed by atoms with E-state index in [4.69, 9.17) is 11.6 Å². The summed E-state index contributed by atoms with van der Waals surface area (Å²) in [6, 6.07) is 12.3. The van der Waals surface area contributed by atoms with E-state index in [1.165, 1.54) is 11.1 Å². The van der Waals surface area contributed by atoms with E-state index in [1.807, 2.05) is 37.4 Å². The molecule has 0 aliphatic carbocycles. The van der Waals surface area contributed by atoms with Crippen LogP contribution in [0.5, 0.6) is 0 Å². The predicted molar refractivity (Wildman–Crippen MR) is 75.7 cm³/mol. The van der Waals surface area contributed by atoms with Gasteiger partial charge in [-0.15, -0.1) is 0 Å². The van der Waals surface area contributed by atoms with E-state index < -0.39 is 0 Å². The fraction of sp³-hybridized carbons (Fsp3) is 0.267. The lowest BCUT2D eigenvalue weighted by Gasteiger charge is -2.14. The van der Waals surface area contributed by atoms with E-state index in [0.29, 0.717) is 0 Å². The van der Waals surface area contributed by atoms with Crippen LogP contribution in [0.4, 0.5) is 0 Å². The van der Waals surface area contributed by atoms with Crippen LogP contribution in [0.3, 0.4) is 0 Å². The summed E-state index contributed by atoms with van der Waals surface area (Å²) in [4.78, 5) is 4.37. The van der Waals surface area contributed by atoms with Crippen molar-refractivity contribution in [2.24, 2.45) is 0 Å². The van der Waals surface area contributed by atoms with Gasteiger partial charge >= 0.3 is 0 Å². The number of halogens is 1. The Hall–Kier alpha value is -1.38. The van der Waals surface area contributed by atoms with Crippen molar-refractivity contribution < 1.29 is 0 Å². The monoisotopic (exact) mass is 260 g/mol. The first-order valence-corrected chi connectivity index (χ1v) is 6.43. The Morgan fingerprint density at radius 3 is 2.50 bits per heavy atom. The molecule has 0 saturated carbocycles. The summed E-state index contributed by atoms with van der Waals surface area (Å²) in [6.07, 6.45) is 1.89. The predicted octanol–water partition coefficient (Wildman–Crippen LogP) is 3.89. The summed E-state index contributed by atoms with van der Waals surface area (Å²) in [5, 5.41) is 4.22. The van der Waals surface area contributed by atoms with Gasteiger partial charge in [0, 0.05) is 23.8 Å². The molecule has 1 N–H and O–H groups in total. The quantitative estimate of drug-likeness (QED) is 0.902. The second-order valence-corrected chi connectivity index (χ2v) is 4.92. The highest BCUT2D eigenvalue weighted by molar-refractivity contribution is 6.30. The minimum atomic E-state index is 0.283. The van der Waals surface area contributed by atoms with Gasteiger partial charge in [-0.25, -0.2) is 0 Å². The van der Waals surface area contributed by atoms with Crippen molar-refractivity contribution in [1.29, 1.82) is 0 Å². The average Bonchev–Trinajstić information content (AvgIpc) is 2.38. The van der Waals surface area contributed by atoms with Crippen LogP contribution in [0.2, 0.25) is 5.02 Å². The Balaban J connectivity index is 1.93. The maximum atomic E-state index is 5.87. The third kappa shape index (κ3) is 3.56. The van der Waals surface area contributed by atoms with Gasteiger partial charge in [0.15, 0.2) is 0 Å². The fourth-order valence-corrected chi connectivity index (χ4v) is 1.86. The van der Waals surface area contributed by atoms with Gasteiger partial charge in [-0.1, -0.05) is 29.8 Å². The normalized spacial score (nSPS) is 12.4. The third-order valence-corrected chi connectivity index (χ3v) is 3.18. The first-order chi connectivity index (χ1) is 8.65. The minimum absolute atomic E-state index is 0.283. The molecule has 0 aliphatic rings. The Morgan fingerprint density at radius 2 is 1.89 bits per heavy atom. The maximum absolute atomic E-state index is 5.87. The molecule has 0 unspecified atom stereocenters. The standard InChI is InChI=1S/C15H17ClN2/c1-11-3-8-15(18-9-11)10-17-12(2)13-4-6-14(16)7-5-13/h3-9,12,17H,10H2,1-2H3/t12-/m1/s1. The lowest BCUT2D eigenvalue weighted by atomic mass is 10.1. The molecule has 1 heterocycles. The summed E-state index contributed by atoms with van der Waals surface area (Å²) >= 11 is 5.87. The Labute approximate surface area is 113 Å². The minimum Gasteiger partial charge on any atom is -0.305 e. The number of hydrogen-bond donors (Lipinski definition) is 1. The Bertz CT molecular complexity index is 491. The molecule has 94 valence electrons. The number of rotatable bonds is 4. The zero-order valence-corrected chi connectivity index (χ0v) is 11.4. The highest BCUT2D eigenvalue weighted by Gasteiger charge is 2.04. The number of benzene rings is 1. The van der Waals surface area contributed by atoms with Crippen molar-refractivity contribution in [3.63, 3.8) is 0 Å². The van der Waals surface area contributed by atoms with E-state index in [9.17, 15) is 0 Å². The number of nitrogens with zero attached hydrogens (tertiary/aromatic N) is 1. The van der Waals surface area contributed by atoms with Crippen LogP contribution in [0.15, 0.2) is 42.6 Å². The van der Waals surface area contributed by atoms with Gasteiger partial charge in [-0.05, 0) is 43.2 Å². The molecule has 3 heteroatoms. The molecular formula is C15H17ClN2. The van der Waals surface area contributed by atoms with Gasteiger partial charge in [0.1, 0.15) is 0 Å². The van der Waals surface area contributed by atoms with Gasteiger partial charge < -0.3 is 5.32 Å². The highest BCUT2D eigenvalue weighted by Crippen LogP contribution is 2.16. The van der Waals surface area contributed by atoms with Crippen molar-refractivity contribution in [2.45, 2.75) is 26.4 Å².